The summed E-state index contributed by atoms with van der Waals surface area (Å²) in [5.74, 6) is -0.0185. The molecule has 7 nitrogen and oxygen atoms in total. The number of benzene rings is 1. The second-order valence-electron chi connectivity index (χ2n) is 9.03. The number of hydrogen-bond acceptors (Lipinski definition) is 7. The number of aromatic nitrogens is 1. The molecule has 2 aromatic heterocycles. The summed E-state index contributed by atoms with van der Waals surface area (Å²) in [7, 11) is -3.73. The van der Waals surface area contributed by atoms with E-state index < -0.39 is 20.9 Å². The zero-order valence-corrected chi connectivity index (χ0v) is 19.3. The minimum Gasteiger partial charge on any atom is -0.507 e. The number of pyridine rings is 1. The van der Waals surface area contributed by atoms with Gasteiger partial charge in [0.1, 0.15) is 17.4 Å². The summed E-state index contributed by atoms with van der Waals surface area (Å²) in [6.07, 6.45) is 9.37. The molecule has 0 saturated heterocycles. The minimum atomic E-state index is -3.73. The van der Waals surface area contributed by atoms with E-state index in [1.165, 1.54) is 25.3 Å². The maximum absolute atomic E-state index is 13.3. The molecular formula is C26H22N2O5S. The number of sulfone groups is 1. The first kappa shape index (κ1) is 22.1. The number of nitrogens with zero attached hydrogens (tertiary/aromatic N) is 2. The normalized spacial score (nSPS) is 20.2. The van der Waals surface area contributed by atoms with E-state index in [1.807, 2.05) is 30.4 Å². The van der Waals surface area contributed by atoms with Crippen molar-refractivity contribution < 1.29 is 17.9 Å². The smallest absolute Gasteiger partial charge is 0.342 e. The molecule has 1 fully saturated rings. The van der Waals surface area contributed by atoms with Gasteiger partial charge in [-0.15, -0.1) is 0 Å². The Kier molecular flexibility index (Phi) is 5.18. The van der Waals surface area contributed by atoms with Crippen molar-refractivity contribution in [2.24, 2.45) is 11.3 Å². The third-order valence-electron chi connectivity index (χ3n) is 6.75. The average molecular weight is 475 g/mol. The molecule has 1 unspecified atom stereocenters. The van der Waals surface area contributed by atoms with Gasteiger partial charge in [-0.05, 0) is 61.4 Å². The topological polar surface area (TPSA) is 121 Å². The van der Waals surface area contributed by atoms with Gasteiger partial charge in [0.15, 0.2) is 14.9 Å². The largest absolute Gasteiger partial charge is 0.507 e. The molecule has 0 spiro atoms. The van der Waals surface area contributed by atoms with Crippen LogP contribution in [-0.4, -0.2) is 24.3 Å². The third kappa shape index (κ3) is 3.72. The van der Waals surface area contributed by atoms with Crippen LogP contribution in [0.4, 0.5) is 0 Å². The standard InChI is InChI=1S/C26H22N2O5S/c1-16-24(29)23-20(5-2-6-21(23)33-25(16)30)18-4-3-11-26(12-18,19-8-9-19)15-34(31,32)22-10-7-17(13-27)14-28-22/h2-7,10-11,14,19,29H,8-9,12,15H2,1H3. The average Bonchev–Trinajstić information content (AvgIpc) is 3.68. The second kappa shape index (κ2) is 7.96. The number of allylic oxidation sites excluding steroid dienone is 4. The zero-order valence-electron chi connectivity index (χ0n) is 18.5. The van der Waals surface area contributed by atoms with Gasteiger partial charge in [0.05, 0.1) is 22.3 Å². The highest BCUT2D eigenvalue weighted by atomic mass is 32.2. The molecule has 2 aliphatic carbocycles. The molecule has 0 aliphatic heterocycles. The van der Waals surface area contributed by atoms with Gasteiger partial charge < -0.3 is 9.52 Å². The fourth-order valence-electron chi connectivity index (χ4n) is 4.82. The van der Waals surface area contributed by atoms with E-state index in [1.54, 1.807) is 12.1 Å². The fourth-order valence-corrected chi connectivity index (χ4v) is 6.59. The lowest BCUT2D eigenvalue weighted by Gasteiger charge is -2.34. The van der Waals surface area contributed by atoms with Crippen LogP contribution in [0.2, 0.25) is 0 Å². The molecule has 2 aliphatic rings. The van der Waals surface area contributed by atoms with Crippen molar-refractivity contribution in [3.05, 3.63) is 81.9 Å². The fraction of sp³-hybridized carbons (Fsp3) is 0.269. The Balaban J connectivity index is 1.55. The molecule has 0 amide bonds. The summed E-state index contributed by atoms with van der Waals surface area (Å²) in [6.45, 7) is 1.51. The van der Waals surface area contributed by atoms with Crippen LogP contribution in [0.25, 0.3) is 16.5 Å². The Morgan fingerprint density at radius 2 is 2.06 bits per heavy atom. The highest BCUT2D eigenvalue weighted by Gasteiger charge is 2.47. The van der Waals surface area contributed by atoms with E-state index >= 15 is 0 Å². The van der Waals surface area contributed by atoms with Crippen molar-refractivity contribution >= 4 is 26.4 Å². The highest BCUT2D eigenvalue weighted by molar-refractivity contribution is 7.91. The number of rotatable bonds is 5. The lowest BCUT2D eigenvalue weighted by atomic mass is 9.74. The first-order valence-corrected chi connectivity index (χ1v) is 12.6. The van der Waals surface area contributed by atoms with Crippen molar-refractivity contribution in [2.75, 3.05) is 5.75 Å². The van der Waals surface area contributed by atoms with E-state index in [2.05, 4.69) is 4.98 Å². The van der Waals surface area contributed by atoms with Crippen molar-refractivity contribution in [1.29, 1.82) is 5.26 Å². The van der Waals surface area contributed by atoms with Gasteiger partial charge in [-0.1, -0.05) is 30.4 Å². The molecular weight excluding hydrogens is 452 g/mol. The predicted octanol–water partition coefficient (Wildman–Crippen LogP) is 4.29. The quantitative estimate of drug-likeness (QED) is 0.548. The Bertz CT molecular complexity index is 1570. The van der Waals surface area contributed by atoms with E-state index in [4.69, 9.17) is 9.68 Å². The molecule has 34 heavy (non-hydrogen) atoms. The molecule has 1 atom stereocenters. The van der Waals surface area contributed by atoms with Crippen LogP contribution in [0.5, 0.6) is 5.75 Å². The maximum atomic E-state index is 13.3. The van der Waals surface area contributed by atoms with Crippen LogP contribution in [0, 0.1) is 29.6 Å². The van der Waals surface area contributed by atoms with Crippen molar-refractivity contribution in [2.45, 2.75) is 31.2 Å². The Labute approximate surface area is 196 Å². The number of nitriles is 1. The van der Waals surface area contributed by atoms with Crippen molar-refractivity contribution in [1.82, 2.24) is 4.98 Å². The molecule has 1 saturated carbocycles. The molecule has 1 aromatic carbocycles. The summed E-state index contributed by atoms with van der Waals surface area (Å²) in [4.78, 5) is 16.1. The summed E-state index contributed by atoms with van der Waals surface area (Å²) in [6, 6.07) is 10.0. The molecule has 0 radical (unpaired) electrons. The number of fused-ring (bicyclic) bond motifs is 1. The van der Waals surface area contributed by atoms with E-state index in [9.17, 15) is 18.3 Å². The molecule has 8 heteroatoms. The highest BCUT2D eigenvalue weighted by Crippen LogP contribution is 2.54. The van der Waals surface area contributed by atoms with E-state index in [-0.39, 0.29) is 33.6 Å². The van der Waals surface area contributed by atoms with Gasteiger partial charge >= 0.3 is 5.63 Å². The Hall–Kier alpha value is -3.70. The SMILES string of the molecule is Cc1c(O)c2c(C3=CC=CC(CS(=O)(=O)c4ccc(C#N)cn4)(C4CC4)C3)cccc2oc1=O. The Morgan fingerprint density at radius 3 is 2.74 bits per heavy atom. The van der Waals surface area contributed by atoms with Crippen molar-refractivity contribution in [3.8, 4) is 11.8 Å². The van der Waals surface area contributed by atoms with Gasteiger partial charge in [0.2, 0.25) is 0 Å². The summed E-state index contributed by atoms with van der Waals surface area (Å²) < 4.78 is 32.1. The molecule has 5 rings (SSSR count). The summed E-state index contributed by atoms with van der Waals surface area (Å²) in [5.41, 5.74) is 1.09. The molecule has 2 heterocycles. The minimum absolute atomic E-state index is 0.0452. The van der Waals surface area contributed by atoms with Crippen LogP contribution in [0.1, 0.15) is 36.0 Å². The van der Waals surface area contributed by atoms with Gasteiger partial charge in [-0.3, -0.25) is 0 Å². The Morgan fingerprint density at radius 1 is 1.26 bits per heavy atom. The first-order valence-electron chi connectivity index (χ1n) is 11.0. The zero-order chi connectivity index (χ0) is 24.1. The predicted molar refractivity (Wildman–Crippen MR) is 127 cm³/mol. The second-order valence-corrected chi connectivity index (χ2v) is 11.0. The van der Waals surface area contributed by atoms with Crippen LogP contribution in [0.15, 0.2) is 69.0 Å². The summed E-state index contributed by atoms with van der Waals surface area (Å²) >= 11 is 0. The monoisotopic (exact) mass is 474 g/mol. The molecule has 1 N–H and O–H groups in total. The van der Waals surface area contributed by atoms with Crippen LogP contribution < -0.4 is 5.63 Å². The van der Waals surface area contributed by atoms with Gasteiger partial charge in [-0.2, -0.15) is 5.26 Å². The lowest BCUT2D eigenvalue weighted by molar-refractivity contribution is 0.373. The van der Waals surface area contributed by atoms with Crippen molar-refractivity contribution in [3.63, 3.8) is 0 Å². The molecule has 3 aromatic rings. The van der Waals surface area contributed by atoms with Gasteiger partial charge in [-0.25, -0.2) is 18.2 Å². The maximum Gasteiger partial charge on any atom is 0.342 e. The first-order chi connectivity index (χ1) is 16.2. The van der Waals surface area contributed by atoms with Gasteiger partial charge in [0, 0.05) is 11.6 Å². The lowest BCUT2D eigenvalue weighted by Crippen LogP contribution is -2.32. The number of aromatic hydroxyl groups is 1. The molecule has 172 valence electrons. The van der Waals surface area contributed by atoms with Gasteiger partial charge in [0.25, 0.3) is 0 Å². The van der Waals surface area contributed by atoms with E-state index in [0.29, 0.717) is 22.9 Å². The van der Waals surface area contributed by atoms with Crippen LogP contribution in [-0.2, 0) is 9.84 Å². The number of hydrogen-bond donors (Lipinski definition) is 1. The van der Waals surface area contributed by atoms with Crippen LogP contribution >= 0.6 is 0 Å². The van der Waals surface area contributed by atoms with E-state index in [0.717, 1.165) is 18.4 Å². The molecule has 0 bridgehead atoms. The third-order valence-corrected chi connectivity index (χ3v) is 8.55. The van der Waals surface area contributed by atoms with Crippen LogP contribution in [0.3, 0.4) is 0 Å². The summed E-state index contributed by atoms with van der Waals surface area (Å²) in [5, 5.41) is 20.1.